The Labute approximate surface area is 140 Å². The number of aromatic nitrogens is 4. The van der Waals surface area contributed by atoms with Gasteiger partial charge < -0.3 is 14.6 Å². The summed E-state index contributed by atoms with van der Waals surface area (Å²) >= 11 is 0. The molecule has 0 unspecified atom stereocenters. The summed E-state index contributed by atoms with van der Waals surface area (Å²) in [6.45, 7) is 4.46. The molecule has 7 nitrogen and oxygen atoms in total. The van der Waals surface area contributed by atoms with E-state index in [-0.39, 0.29) is 6.47 Å². The average molecular weight is 327 g/mol. The van der Waals surface area contributed by atoms with Gasteiger partial charge in [0, 0.05) is 31.2 Å². The van der Waals surface area contributed by atoms with E-state index in [4.69, 9.17) is 9.90 Å². The molecular formula is C17H21N5O2. The number of aryl methyl sites for hydroxylation is 1. The first-order valence-corrected chi connectivity index (χ1v) is 7.58. The number of para-hydroxylation sites is 1. The second kappa shape index (κ2) is 8.73. The van der Waals surface area contributed by atoms with Gasteiger partial charge in [-0.15, -0.1) is 10.2 Å². The maximum Gasteiger partial charge on any atom is 0.290 e. The van der Waals surface area contributed by atoms with Crippen LogP contribution in [0, 0.1) is 6.92 Å². The lowest BCUT2D eigenvalue weighted by atomic mass is 10.1. The fourth-order valence-corrected chi connectivity index (χ4v) is 2.40. The summed E-state index contributed by atoms with van der Waals surface area (Å²) in [6.07, 6.45) is 3.74. The zero-order chi connectivity index (χ0) is 17.4. The highest BCUT2D eigenvalue weighted by molar-refractivity contribution is 5.78. The van der Waals surface area contributed by atoms with Crippen molar-refractivity contribution < 1.29 is 9.90 Å². The molecule has 126 valence electrons. The van der Waals surface area contributed by atoms with Crippen molar-refractivity contribution in [2.24, 2.45) is 0 Å². The lowest BCUT2D eigenvalue weighted by molar-refractivity contribution is -0.122. The van der Waals surface area contributed by atoms with Gasteiger partial charge in [-0.25, -0.2) is 0 Å². The van der Waals surface area contributed by atoms with E-state index in [1.165, 1.54) is 10.9 Å². The van der Waals surface area contributed by atoms with Crippen molar-refractivity contribution in [2.75, 3.05) is 13.6 Å². The van der Waals surface area contributed by atoms with Crippen molar-refractivity contribution in [1.82, 2.24) is 24.6 Å². The zero-order valence-corrected chi connectivity index (χ0v) is 13.8. The van der Waals surface area contributed by atoms with Gasteiger partial charge in [-0.3, -0.25) is 9.78 Å². The van der Waals surface area contributed by atoms with Crippen molar-refractivity contribution in [3.63, 3.8) is 0 Å². The minimum absolute atomic E-state index is 0.250. The van der Waals surface area contributed by atoms with E-state index in [9.17, 15) is 0 Å². The number of pyridine rings is 1. The van der Waals surface area contributed by atoms with Crippen molar-refractivity contribution in [2.45, 2.75) is 20.0 Å². The predicted molar refractivity (Wildman–Crippen MR) is 91.5 cm³/mol. The zero-order valence-electron chi connectivity index (χ0n) is 13.8. The normalized spacial score (nSPS) is 10.5. The Morgan fingerprint density at radius 1 is 1.33 bits per heavy atom. The molecule has 0 aliphatic heterocycles. The van der Waals surface area contributed by atoms with Gasteiger partial charge in [-0.2, -0.15) is 0 Å². The second-order valence-corrected chi connectivity index (χ2v) is 5.45. The summed E-state index contributed by atoms with van der Waals surface area (Å²) in [7, 11) is 2.12. The molecule has 0 aliphatic rings. The number of hydrogen-bond acceptors (Lipinski definition) is 5. The Morgan fingerprint density at radius 3 is 2.79 bits per heavy atom. The van der Waals surface area contributed by atoms with Crippen molar-refractivity contribution >= 4 is 17.4 Å². The molecule has 0 atom stereocenters. The molecule has 0 bridgehead atoms. The summed E-state index contributed by atoms with van der Waals surface area (Å²) in [5.74, 6) is 0.954. The SMILES string of the molecule is Cc1nncn1CCN(C)Cc1cnc2ccccc2c1.O=CO. The molecule has 7 heteroatoms. The number of hydrogen-bond donors (Lipinski definition) is 1. The lowest BCUT2D eigenvalue weighted by Gasteiger charge is -2.17. The Morgan fingerprint density at radius 2 is 2.08 bits per heavy atom. The van der Waals surface area contributed by atoms with E-state index in [0.29, 0.717) is 0 Å². The van der Waals surface area contributed by atoms with Gasteiger partial charge in [-0.05, 0) is 31.7 Å². The molecule has 24 heavy (non-hydrogen) atoms. The largest absolute Gasteiger partial charge is 0.483 e. The van der Waals surface area contributed by atoms with Crippen LogP contribution in [0.5, 0.6) is 0 Å². The molecule has 0 saturated heterocycles. The molecule has 0 saturated carbocycles. The number of likely N-dealkylation sites (N-methyl/N-ethyl adjacent to an activating group) is 1. The van der Waals surface area contributed by atoms with Gasteiger partial charge in [0.05, 0.1) is 5.52 Å². The third-order valence-corrected chi connectivity index (χ3v) is 3.63. The van der Waals surface area contributed by atoms with Crippen LogP contribution in [0.4, 0.5) is 0 Å². The summed E-state index contributed by atoms with van der Waals surface area (Å²) < 4.78 is 2.06. The number of carbonyl (C=O) groups is 1. The Bertz CT molecular complexity index is 787. The summed E-state index contributed by atoms with van der Waals surface area (Å²) in [5.41, 5.74) is 2.28. The molecule has 0 spiro atoms. The van der Waals surface area contributed by atoms with Crippen LogP contribution >= 0.6 is 0 Å². The highest BCUT2D eigenvalue weighted by Crippen LogP contribution is 2.13. The minimum Gasteiger partial charge on any atom is -0.483 e. The van der Waals surface area contributed by atoms with Gasteiger partial charge in [0.1, 0.15) is 12.2 Å². The number of rotatable bonds is 5. The molecule has 1 N–H and O–H groups in total. The van der Waals surface area contributed by atoms with E-state index in [1.54, 1.807) is 6.33 Å². The van der Waals surface area contributed by atoms with Crippen LogP contribution in [-0.2, 0) is 17.9 Å². The highest BCUT2D eigenvalue weighted by atomic mass is 16.3. The number of fused-ring (bicyclic) bond motifs is 1. The Hall–Kier alpha value is -2.80. The Balaban J connectivity index is 0.000000647. The summed E-state index contributed by atoms with van der Waals surface area (Å²) in [6, 6.07) is 10.4. The molecule has 2 aromatic heterocycles. The van der Waals surface area contributed by atoms with Crippen molar-refractivity contribution in [3.8, 4) is 0 Å². The molecule has 0 amide bonds. The first-order valence-electron chi connectivity index (χ1n) is 7.58. The fourth-order valence-electron chi connectivity index (χ4n) is 2.40. The van der Waals surface area contributed by atoms with Crippen molar-refractivity contribution in [3.05, 3.63) is 54.2 Å². The van der Waals surface area contributed by atoms with Crippen LogP contribution in [0.2, 0.25) is 0 Å². The van der Waals surface area contributed by atoms with Gasteiger partial charge in [0.25, 0.3) is 6.47 Å². The van der Waals surface area contributed by atoms with Gasteiger partial charge in [-0.1, -0.05) is 18.2 Å². The first-order chi connectivity index (χ1) is 11.6. The molecule has 3 rings (SSSR count). The van der Waals surface area contributed by atoms with Gasteiger partial charge in [0.2, 0.25) is 0 Å². The van der Waals surface area contributed by atoms with Crippen LogP contribution in [0.15, 0.2) is 42.9 Å². The quantitative estimate of drug-likeness (QED) is 0.721. The number of nitrogens with zero attached hydrogens (tertiary/aromatic N) is 5. The van der Waals surface area contributed by atoms with Gasteiger partial charge in [0.15, 0.2) is 0 Å². The molecule has 0 aliphatic carbocycles. The molecule has 3 aromatic rings. The fraction of sp³-hybridized carbons (Fsp3) is 0.294. The third-order valence-electron chi connectivity index (χ3n) is 3.63. The van der Waals surface area contributed by atoms with Crippen LogP contribution in [0.1, 0.15) is 11.4 Å². The van der Waals surface area contributed by atoms with Crippen LogP contribution in [-0.4, -0.2) is 49.8 Å². The average Bonchev–Trinajstić information content (AvgIpc) is 2.99. The molecule has 0 fully saturated rings. The maximum absolute atomic E-state index is 8.36. The monoisotopic (exact) mass is 327 g/mol. The first kappa shape index (κ1) is 17.6. The second-order valence-electron chi connectivity index (χ2n) is 5.45. The molecular weight excluding hydrogens is 306 g/mol. The van der Waals surface area contributed by atoms with Crippen molar-refractivity contribution in [1.29, 1.82) is 0 Å². The van der Waals surface area contributed by atoms with E-state index >= 15 is 0 Å². The highest BCUT2D eigenvalue weighted by Gasteiger charge is 2.04. The Kier molecular flexibility index (Phi) is 6.39. The minimum atomic E-state index is -0.250. The van der Waals surface area contributed by atoms with E-state index < -0.39 is 0 Å². The standard InChI is InChI=1S/C16H19N5.CH2O2/c1-13-19-18-12-21(13)8-7-20(2)11-14-9-15-5-3-4-6-16(15)17-10-14;2-1-3/h3-6,9-10,12H,7-8,11H2,1-2H3;1H,(H,2,3). The molecule has 1 aromatic carbocycles. The maximum atomic E-state index is 8.36. The summed E-state index contributed by atoms with van der Waals surface area (Å²) in [5, 5.41) is 16.0. The number of carboxylic acid groups (broad SMARTS) is 1. The van der Waals surface area contributed by atoms with Gasteiger partial charge >= 0.3 is 0 Å². The van der Waals surface area contributed by atoms with E-state index in [1.807, 2.05) is 31.3 Å². The third kappa shape index (κ3) is 4.85. The van der Waals surface area contributed by atoms with E-state index in [2.05, 4.69) is 43.8 Å². The molecule has 2 heterocycles. The summed E-state index contributed by atoms with van der Waals surface area (Å²) in [4.78, 5) is 15.2. The van der Waals surface area contributed by atoms with Crippen LogP contribution < -0.4 is 0 Å². The smallest absolute Gasteiger partial charge is 0.290 e. The van der Waals surface area contributed by atoms with Crippen LogP contribution in [0.3, 0.4) is 0 Å². The van der Waals surface area contributed by atoms with Crippen LogP contribution in [0.25, 0.3) is 10.9 Å². The number of benzene rings is 1. The topological polar surface area (TPSA) is 84.1 Å². The molecule has 0 radical (unpaired) electrons. The van der Waals surface area contributed by atoms with E-state index in [0.717, 1.165) is 31.0 Å². The lowest BCUT2D eigenvalue weighted by Crippen LogP contribution is -2.23. The predicted octanol–water partition coefficient (Wildman–Crippen LogP) is 1.97.